The first kappa shape index (κ1) is 16.8. The van der Waals surface area contributed by atoms with Crippen molar-refractivity contribution < 1.29 is 19.1 Å². The Kier molecular flexibility index (Phi) is 3.61. The first-order valence-corrected chi connectivity index (χ1v) is 9.86. The number of carbonyl (C=O) groups excluding carboxylic acids is 3. The summed E-state index contributed by atoms with van der Waals surface area (Å²) in [4.78, 5) is 40.9. The van der Waals surface area contributed by atoms with Crippen molar-refractivity contribution in [3.05, 3.63) is 29.8 Å². The van der Waals surface area contributed by atoms with E-state index in [1.165, 1.54) is 0 Å². The summed E-state index contributed by atoms with van der Waals surface area (Å²) in [7, 11) is 0. The minimum Gasteiger partial charge on any atom is -0.486 e. The van der Waals surface area contributed by atoms with E-state index in [1.807, 2.05) is 29.2 Å². The van der Waals surface area contributed by atoms with Gasteiger partial charge in [-0.3, -0.25) is 14.4 Å². The number of ether oxygens (including phenoxy) is 1. The second-order valence-electron chi connectivity index (χ2n) is 8.35. The number of para-hydroxylation sites is 1. The molecular weight excluding hydrogens is 344 g/mol. The fourth-order valence-corrected chi connectivity index (χ4v) is 5.55. The van der Waals surface area contributed by atoms with Crippen LogP contribution in [-0.4, -0.2) is 59.2 Å². The Morgan fingerprint density at radius 3 is 2.56 bits per heavy atom. The second kappa shape index (κ2) is 5.81. The minimum absolute atomic E-state index is 0.0271. The third-order valence-corrected chi connectivity index (χ3v) is 6.96. The van der Waals surface area contributed by atoms with Gasteiger partial charge in [0.1, 0.15) is 11.4 Å². The van der Waals surface area contributed by atoms with Crippen molar-refractivity contribution in [1.82, 2.24) is 9.80 Å². The summed E-state index contributed by atoms with van der Waals surface area (Å²) in [6.45, 7) is 3.99. The highest BCUT2D eigenvalue weighted by molar-refractivity contribution is 6.00. The third-order valence-electron chi connectivity index (χ3n) is 6.96. The minimum atomic E-state index is -0.502. The van der Waals surface area contributed by atoms with Gasteiger partial charge in [0, 0.05) is 44.9 Å². The molecule has 2 saturated carbocycles. The van der Waals surface area contributed by atoms with E-state index in [4.69, 9.17) is 4.74 Å². The van der Waals surface area contributed by atoms with E-state index in [2.05, 4.69) is 0 Å². The summed E-state index contributed by atoms with van der Waals surface area (Å²) in [5.41, 5.74) is 0.160. The number of piperazine rings is 1. The zero-order chi connectivity index (χ0) is 18.8. The van der Waals surface area contributed by atoms with Crippen LogP contribution in [0.5, 0.6) is 5.75 Å². The molecule has 6 nitrogen and oxygen atoms in total. The fraction of sp³-hybridized carbons (Fsp3) is 0.571. The molecule has 0 N–H and O–H groups in total. The summed E-state index contributed by atoms with van der Waals surface area (Å²) in [5, 5.41) is 0. The van der Waals surface area contributed by atoms with Gasteiger partial charge in [0.2, 0.25) is 11.8 Å². The Morgan fingerprint density at radius 2 is 1.81 bits per heavy atom. The van der Waals surface area contributed by atoms with Crippen LogP contribution in [-0.2, 0) is 9.59 Å². The third kappa shape index (κ3) is 2.49. The molecule has 2 heterocycles. The molecule has 1 spiro atoms. The summed E-state index contributed by atoms with van der Waals surface area (Å²) in [6.07, 6.45) is 2.18. The van der Waals surface area contributed by atoms with Crippen LogP contribution in [0.25, 0.3) is 0 Å². The maximum atomic E-state index is 13.1. The van der Waals surface area contributed by atoms with Crippen molar-refractivity contribution in [2.75, 3.05) is 26.2 Å². The lowest BCUT2D eigenvalue weighted by Crippen LogP contribution is -2.51. The number of fused-ring (bicyclic) bond motifs is 3. The first-order chi connectivity index (χ1) is 13.0. The summed E-state index contributed by atoms with van der Waals surface area (Å²) < 4.78 is 6.38. The highest BCUT2D eigenvalue weighted by atomic mass is 16.5. The van der Waals surface area contributed by atoms with Gasteiger partial charge in [-0.1, -0.05) is 12.1 Å². The molecule has 0 aromatic heterocycles. The standard InChI is InChI=1S/C21H24N2O4/c1-13(24)22-8-10-23(11-9-22)20(26)18-15-6-7-21(19(15)18)12-16(25)14-4-2-3-5-17(14)27-21/h2-5,15,18-19H,6-12H2,1H3/t15-,18+,19+,21-/m1/s1. The number of amides is 2. The first-order valence-electron chi connectivity index (χ1n) is 9.86. The molecule has 4 atom stereocenters. The Balaban J connectivity index is 1.31. The molecule has 2 amide bonds. The average molecular weight is 368 g/mol. The smallest absolute Gasteiger partial charge is 0.226 e. The summed E-state index contributed by atoms with van der Waals surface area (Å²) >= 11 is 0. The van der Waals surface area contributed by atoms with E-state index in [1.54, 1.807) is 11.8 Å². The van der Waals surface area contributed by atoms with Crippen LogP contribution >= 0.6 is 0 Å². The lowest BCUT2D eigenvalue weighted by atomic mass is 9.84. The Hall–Kier alpha value is -2.37. The Morgan fingerprint density at radius 1 is 1.11 bits per heavy atom. The van der Waals surface area contributed by atoms with Crippen molar-refractivity contribution in [2.45, 2.75) is 31.8 Å². The maximum Gasteiger partial charge on any atom is 0.226 e. The molecule has 2 aliphatic carbocycles. The molecule has 0 bridgehead atoms. The quantitative estimate of drug-likeness (QED) is 0.757. The van der Waals surface area contributed by atoms with Gasteiger partial charge < -0.3 is 14.5 Å². The highest BCUT2D eigenvalue weighted by Crippen LogP contribution is 2.66. The van der Waals surface area contributed by atoms with Crippen LogP contribution in [0.15, 0.2) is 24.3 Å². The number of benzene rings is 1. The average Bonchev–Trinajstić information content (AvgIpc) is 3.32. The van der Waals surface area contributed by atoms with Crippen molar-refractivity contribution in [1.29, 1.82) is 0 Å². The van der Waals surface area contributed by atoms with Gasteiger partial charge in [-0.05, 0) is 30.9 Å². The van der Waals surface area contributed by atoms with Crippen LogP contribution in [0.1, 0.15) is 36.5 Å². The number of Topliss-reactive ketones (excluding diaryl/α,β-unsaturated/α-hetero) is 1. The largest absolute Gasteiger partial charge is 0.486 e. The van der Waals surface area contributed by atoms with Gasteiger partial charge in [-0.2, -0.15) is 0 Å². The zero-order valence-electron chi connectivity index (χ0n) is 15.5. The number of hydrogen-bond acceptors (Lipinski definition) is 4. The van der Waals surface area contributed by atoms with Crippen molar-refractivity contribution in [3.8, 4) is 5.75 Å². The lowest BCUT2D eigenvalue weighted by Gasteiger charge is -2.38. The van der Waals surface area contributed by atoms with Gasteiger partial charge in [0.05, 0.1) is 12.0 Å². The Bertz CT molecular complexity index is 829. The van der Waals surface area contributed by atoms with E-state index < -0.39 is 5.60 Å². The molecule has 4 aliphatic rings. The van der Waals surface area contributed by atoms with Crippen molar-refractivity contribution >= 4 is 17.6 Å². The zero-order valence-corrected chi connectivity index (χ0v) is 15.5. The van der Waals surface area contributed by atoms with Gasteiger partial charge in [-0.15, -0.1) is 0 Å². The summed E-state index contributed by atoms with van der Waals surface area (Å²) in [6, 6.07) is 7.43. The molecule has 27 heavy (non-hydrogen) atoms. The van der Waals surface area contributed by atoms with Crippen LogP contribution < -0.4 is 4.74 Å². The predicted molar refractivity (Wildman–Crippen MR) is 97.3 cm³/mol. The SMILES string of the molecule is CC(=O)N1CCN(C(=O)[C@H]2[C@H]3CC[C@@]4(CC(=O)c5ccccc5O4)[C@@H]32)CC1. The molecule has 0 unspecified atom stereocenters. The molecule has 3 fully saturated rings. The molecule has 2 aliphatic heterocycles. The van der Waals surface area contributed by atoms with E-state index in [9.17, 15) is 14.4 Å². The van der Waals surface area contributed by atoms with E-state index in [0.29, 0.717) is 49.8 Å². The molecule has 0 radical (unpaired) electrons. The molecule has 142 valence electrons. The van der Waals surface area contributed by atoms with Crippen molar-refractivity contribution in [3.63, 3.8) is 0 Å². The molecule has 6 heteroatoms. The van der Waals surface area contributed by atoms with Crippen LogP contribution in [0.2, 0.25) is 0 Å². The lowest BCUT2D eigenvalue weighted by molar-refractivity contribution is -0.140. The van der Waals surface area contributed by atoms with Gasteiger partial charge in [0.15, 0.2) is 5.78 Å². The topological polar surface area (TPSA) is 66.9 Å². The fourth-order valence-electron chi connectivity index (χ4n) is 5.55. The Labute approximate surface area is 158 Å². The van der Waals surface area contributed by atoms with Gasteiger partial charge in [0.25, 0.3) is 0 Å². The molecule has 5 rings (SSSR count). The number of ketones is 1. The maximum absolute atomic E-state index is 13.1. The number of nitrogens with zero attached hydrogens (tertiary/aromatic N) is 2. The highest BCUT2D eigenvalue weighted by Gasteiger charge is 2.71. The molecule has 1 saturated heterocycles. The monoisotopic (exact) mass is 368 g/mol. The molecule has 1 aromatic carbocycles. The van der Waals surface area contributed by atoms with Gasteiger partial charge in [-0.25, -0.2) is 0 Å². The van der Waals surface area contributed by atoms with Crippen LogP contribution in [0, 0.1) is 17.8 Å². The number of rotatable bonds is 1. The van der Waals surface area contributed by atoms with E-state index in [-0.39, 0.29) is 29.4 Å². The van der Waals surface area contributed by atoms with Gasteiger partial charge >= 0.3 is 0 Å². The second-order valence-corrected chi connectivity index (χ2v) is 8.35. The predicted octanol–water partition coefficient (Wildman–Crippen LogP) is 1.74. The molecular formula is C21H24N2O4. The number of carbonyl (C=O) groups is 3. The van der Waals surface area contributed by atoms with E-state index >= 15 is 0 Å². The van der Waals surface area contributed by atoms with Crippen LogP contribution in [0.4, 0.5) is 0 Å². The molecule has 1 aromatic rings. The van der Waals surface area contributed by atoms with E-state index in [0.717, 1.165) is 12.8 Å². The number of hydrogen-bond donors (Lipinski definition) is 0. The normalized spacial score (nSPS) is 34.1. The summed E-state index contributed by atoms with van der Waals surface area (Å²) in [5.74, 6) is 1.50. The van der Waals surface area contributed by atoms with Crippen molar-refractivity contribution in [2.24, 2.45) is 17.8 Å². The van der Waals surface area contributed by atoms with Crippen LogP contribution in [0.3, 0.4) is 0 Å².